The molecule has 0 saturated carbocycles. The Bertz CT molecular complexity index is 1090. The quantitative estimate of drug-likeness (QED) is 0.727. The Kier molecular flexibility index (Phi) is 4.15. The van der Waals surface area contributed by atoms with Gasteiger partial charge in [-0.1, -0.05) is 29.8 Å². The summed E-state index contributed by atoms with van der Waals surface area (Å²) in [7, 11) is 0. The third-order valence-electron chi connectivity index (χ3n) is 4.93. The molecular formula is C22H21N3O2. The molecule has 4 rings (SSSR count). The summed E-state index contributed by atoms with van der Waals surface area (Å²) in [5.74, 6) is -0.286. The summed E-state index contributed by atoms with van der Waals surface area (Å²) in [6.07, 6.45) is 0.225. The number of benzene rings is 2. The summed E-state index contributed by atoms with van der Waals surface area (Å²) in [6, 6.07) is 13.1. The van der Waals surface area contributed by atoms with Crippen LogP contribution >= 0.6 is 0 Å². The molecule has 0 bridgehead atoms. The number of rotatable bonds is 2. The summed E-state index contributed by atoms with van der Waals surface area (Å²) in [6.45, 7) is 5.90. The SMILES string of the molecule is Cc1cc(C)c2nc(C)cc(C(=O)NC3CC(=O)Nc4ccccc43)c2c1. The number of para-hydroxylation sites is 1. The van der Waals surface area contributed by atoms with Crippen LogP contribution in [0.3, 0.4) is 0 Å². The number of nitrogens with zero attached hydrogens (tertiary/aromatic N) is 1. The third-order valence-corrected chi connectivity index (χ3v) is 4.93. The number of aromatic nitrogens is 1. The topological polar surface area (TPSA) is 71.1 Å². The summed E-state index contributed by atoms with van der Waals surface area (Å²) in [4.78, 5) is 29.8. The third kappa shape index (κ3) is 3.16. The number of amides is 2. The van der Waals surface area contributed by atoms with Crippen LogP contribution in [-0.4, -0.2) is 16.8 Å². The first-order valence-electron chi connectivity index (χ1n) is 9.00. The van der Waals surface area contributed by atoms with Crippen LogP contribution < -0.4 is 10.6 Å². The summed E-state index contributed by atoms with van der Waals surface area (Å²) in [5.41, 5.74) is 6.03. The number of aryl methyl sites for hydroxylation is 3. The minimum absolute atomic E-state index is 0.0959. The monoisotopic (exact) mass is 359 g/mol. The molecule has 2 amide bonds. The molecule has 2 aromatic carbocycles. The maximum atomic E-state index is 13.1. The van der Waals surface area contributed by atoms with Crippen molar-refractivity contribution in [3.63, 3.8) is 0 Å². The number of hydrogen-bond acceptors (Lipinski definition) is 3. The van der Waals surface area contributed by atoms with Crippen molar-refractivity contribution in [1.29, 1.82) is 0 Å². The average molecular weight is 359 g/mol. The molecule has 0 saturated heterocycles. The highest BCUT2D eigenvalue weighted by Gasteiger charge is 2.27. The number of pyridine rings is 1. The van der Waals surface area contributed by atoms with E-state index in [2.05, 4.69) is 21.7 Å². The fraction of sp³-hybridized carbons (Fsp3) is 0.227. The smallest absolute Gasteiger partial charge is 0.252 e. The number of hydrogen-bond donors (Lipinski definition) is 2. The van der Waals surface area contributed by atoms with Crippen molar-refractivity contribution in [2.45, 2.75) is 33.2 Å². The number of anilines is 1. The molecule has 1 aliphatic rings. The standard InChI is InChI=1S/C22H21N3O2/c1-12-8-13(2)21-16(9-12)17(10-14(3)23-21)22(27)25-19-11-20(26)24-18-7-5-4-6-15(18)19/h4-10,19H,11H2,1-3H3,(H,24,26)(H,25,27). The van der Waals surface area contributed by atoms with Crippen molar-refractivity contribution in [3.8, 4) is 0 Å². The zero-order valence-electron chi connectivity index (χ0n) is 15.6. The molecule has 1 aromatic heterocycles. The van der Waals surface area contributed by atoms with E-state index in [4.69, 9.17) is 0 Å². The van der Waals surface area contributed by atoms with Gasteiger partial charge in [0, 0.05) is 16.8 Å². The Balaban J connectivity index is 1.75. The fourth-order valence-electron chi connectivity index (χ4n) is 3.77. The second-order valence-electron chi connectivity index (χ2n) is 7.15. The molecule has 1 aliphatic heterocycles. The van der Waals surface area contributed by atoms with E-state index in [1.165, 1.54) is 0 Å². The van der Waals surface area contributed by atoms with Gasteiger partial charge in [0.05, 0.1) is 23.5 Å². The van der Waals surface area contributed by atoms with Gasteiger partial charge in [0.15, 0.2) is 0 Å². The predicted molar refractivity (Wildman–Crippen MR) is 106 cm³/mol. The molecule has 0 spiro atoms. The molecule has 27 heavy (non-hydrogen) atoms. The van der Waals surface area contributed by atoms with E-state index < -0.39 is 0 Å². The first-order chi connectivity index (χ1) is 12.9. The van der Waals surface area contributed by atoms with E-state index in [1.54, 1.807) is 0 Å². The van der Waals surface area contributed by atoms with E-state index in [0.717, 1.165) is 39.0 Å². The lowest BCUT2D eigenvalue weighted by Crippen LogP contribution is -2.35. The number of fused-ring (bicyclic) bond motifs is 2. The van der Waals surface area contributed by atoms with Gasteiger partial charge in [0.25, 0.3) is 5.91 Å². The van der Waals surface area contributed by atoms with Gasteiger partial charge in [-0.3, -0.25) is 14.6 Å². The van der Waals surface area contributed by atoms with Crippen molar-refractivity contribution >= 4 is 28.4 Å². The fourth-order valence-corrected chi connectivity index (χ4v) is 3.77. The number of nitrogens with one attached hydrogen (secondary N) is 2. The Hall–Kier alpha value is -3.21. The Labute approximate surface area is 157 Å². The average Bonchev–Trinajstić information content (AvgIpc) is 2.61. The van der Waals surface area contributed by atoms with Crippen LogP contribution in [0.1, 0.15) is 45.2 Å². The first kappa shape index (κ1) is 17.2. The molecule has 5 nitrogen and oxygen atoms in total. The van der Waals surface area contributed by atoms with Gasteiger partial charge in [-0.2, -0.15) is 0 Å². The Morgan fingerprint density at radius 2 is 1.93 bits per heavy atom. The van der Waals surface area contributed by atoms with Crippen molar-refractivity contribution in [2.75, 3.05) is 5.32 Å². The highest BCUT2D eigenvalue weighted by Crippen LogP contribution is 2.31. The number of carbonyl (C=O) groups is 2. The molecule has 5 heteroatoms. The van der Waals surface area contributed by atoms with Crippen molar-refractivity contribution < 1.29 is 9.59 Å². The van der Waals surface area contributed by atoms with Crippen molar-refractivity contribution in [1.82, 2.24) is 10.3 Å². The zero-order valence-corrected chi connectivity index (χ0v) is 15.6. The van der Waals surface area contributed by atoms with E-state index in [9.17, 15) is 9.59 Å². The summed E-state index contributed by atoms with van der Waals surface area (Å²) >= 11 is 0. The molecular weight excluding hydrogens is 338 g/mol. The molecule has 3 aromatic rings. The van der Waals surface area contributed by atoms with Gasteiger partial charge < -0.3 is 10.6 Å². The minimum atomic E-state index is -0.350. The minimum Gasteiger partial charge on any atom is -0.345 e. The Morgan fingerprint density at radius 1 is 1.15 bits per heavy atom. The lowest BCUT2D eigenvalue weighted by molar-refractivity contribution is -0.116. The predicted octanol–water partition coefficient (Wildman–Crippen LogP) is 3.97. The largest absolute Gasteiger partial charge is 0.345 e. The summed E-state index contributed by atoms with van der Waals surface area (Å²) < 4.78 is 0. The molecule has 2 heterocycles. The van der Waals surface area contributed by atoms with E-state index in [-0.39, 0.29) is 24.3 Å². The number of carbonyl (C=O) groups excluding carboxylic acids is 2. The second kappa shape index (κ2) is 6.50. The first-order valence-corrected chi connectivity index (χ1v) is 9.00. The van der Waals surface area contributed by atoms with E-state index in [0.29, 0.717) is 5.56 Å². The summed E-state index contributed by atoms with van der Waals surface area (Å²) in [5, 5.41) is 6.75. The van der Waals surface area contributed by atoms with Gasteiger partial charge in [-0.25, -0.2) is 0 Å². The maximum Gasteiger partial charge on any atom is 0.252 e. The van der Waals surface area contributed by atoms with Crippen molar-refractivity contribution in [2.24, 2.45) is 0 Å². The normalized spacial score (nSPS) is 16.0. The van der Waals surface area contributed by atoms with Crippen molar-refractivity contribution in [3.05, 3.63) is 70.4 Å². The highest BCUT2D eigenvalue weighted by atomic mass is 16.2. The lowest BCUT2D eigenvalue weighted by Gasteiger charge is -2.26. The highest BCUT2D eigenvalue weighted by molar-refractivity contribution is 6.07. The van der Waals surface area contributed by atoms with Crippen LogP contribution in [0.5, 0.6) is 0 Å². The molecule has 2 N–H and O–H groups in total. The van der Waals surface area contributed by atoms with E-state index >= 15 is 0 Å². The maximum absolute atomic E-state index is 13.1. The molecule has 0 aliphatic carbocycles. The van der Waals surface area contributed by atoms with Crippen LogP contribution in [0.2, 0.25) is 0 Å². The van der Waals surface area contributed by atoms with Gasteiger partial charge in [-0.05, 0) is 50.1 Å². The van der Waals surface area contributed by atoms with Crippen LogP contribution in [0.15, 0.2) is 42.5 Å². The van der Waals surface area contributed by atoms with Gasteiger partial charge in [-0.15, -0.1) is 0 Å². The van der Waals surface area contributed by atoms with Crippen LogP contribution in [0, 0.1) is 20.8 Å². The van der Waals surface area contributed by atoms with Crippen LogP contribution in [0.4, 0.5) is 5.69 Å². The van der Waals surface area contributed by atoms with Gasteiger partial charge >= 0.3 is 0 Å². The second-order valence-corrected chi connectivity index (χ2v) is 7.15. The van der Waals surface area contributed by atoms with Gasteiger partial charge in [0.2, 0.25) is 5.91 Å². The molecule has 1 atom stereocenters. The van der Waals surface area contributed by atoms with Crippen LogP contribution in [-0.2, 0) is 4.79 Å². The zero-order chi connectivity index (χ0) is 19.1. The molecule has 0 radical (unpaired) electrons. The van der Waals surface area contributed by atoms with Crippen LogP contribution in [0.25, 0.3) is 10.9 Å². The Morgan fingerprint density at radius 3 is 2.74 bits per heavy atom. The van der Waals surface area contributed by atoms with Gasteiger partial charge in [0.1, 0.15) is 0 Å². The molecule has 1 unspecified atom stereocenters. The molecule has 136 valence electrons. The van der Waals surface area contributed by atoms with E-state index in [1.807, 2.05) is 57.2 Å². The molecule has 0 fully saturated rings. The lowest BCUT2D eigenvalue weighted by atomic mass is 9.96.